The van der Waals surface area contributed by atoms with Crippen LogP contribution < -0.4 is 5.32 Å². The Morgan fingerprint density at radius 1 is 1.20 bits per heavy atom. The number of likely N-dealkylation sites (N-methyl/N-ethyl adjacent to an activating group) is 1. The summed E-state index contributed by atoms with van der Waals surface area (Å²) in [6.45, 7) is 9.72. The van der Waals surface area contributed by atoms with E-state index in [1.165, 1.54) is 0 Å². The molecule has 1 N–H and O–H groups in total. The molecule has 0 spiro atoms. The molecular formula is C9H19N. The molecule has 0 aliphatic heterocycles. The monoisotopic (exact) mass is 141 g/mol. The number of allylic oxidation sites excluding steroid dienone is 1. The van der Waals surface area contributed by atoms with Crippen LogP contribution in [0, 0.1) is 5.92 Å². The lowest BCUT2D eigenvalue weighted by Gasteiger charge is -2.06. The lowest BCUT2D eigenvalue weighted by molar-refractivity contribution is 0.654. The molecule has 0 bridgehead atoms. The molecule has 1 atom stereocenters. The predicted octanol–water partition coefficient (Wildman–Crippen LogP) is 2.20. The van der Waals surface area contributed by atoms with Gasteiger partial charge in [-0.1, -0.05) is 32.9 Å². The molecule has 0 aromatic carbocycles. The summed E-state index contributed by atoms with van der Waals surface area (Å²) in [5.41, 5.74) is 0. The van der Waals surface area contributed by atoms with E-state index in [9.17, 15) is 0 Å². The van der Waals surface area contributed by atoms with E-state index in [-0.39, 0.29) is 0 Å². The maximum absolute atomic E-state index is 3.31. The van der Waals surface area contributed by atoms with Crippen LogP contribution in [-0.2, 0) is 0 Å². The van der Waals surface area contributed by atoms with Crippen molar-refractivity contribution in [2.45, 2.75) is 33.7 Å². The van der Waals surface area contributed by atoms with E-state index >= 15 is 0 Å². The Kier molecular flexibility index (Phi) is 5.32. The molecule has 0 radical (unpaired) electrons. The summed E-state index contributed by atoms with van der Waals surface area (Å²) < 4.78 is 0. The van der Waals surface area contributed by atoms with Gasteiger partial charge in [0.15, 0.2) is 0 Å². The lowest BCUT2D eigenvalue weighted by atomic mass is 10.2. The van der Waals surface area contributed by atoms with E-state index in [2.05, 4.69) is 45.2 Å². The van der Waals surface area contributed by atoms with Crippen molar-refractivity contribution in [3.05, 3.63) is 12.2 Å². The van der Waals surface area contributed by atoms with Crippen LogP contribution in [-0.4, -0.2) is 12.6 Å². The van der Waals surface area contributed by atoms with Gasteiger partial charge in [0.05, 0.1) is 0 Å². The molecule has 0 aromatic heterocycles. The van der Waals surface area contributed by atoms with E-state index in [0.29, 0.717) is 12.0 Å². The minimum absolute atomic E-state index is 0.521. The van der Waals surface area contributed by atoms with Gasteiger partial charge >= 0.3 is 0 Å². The van der Waals surface area contributed by atoms with Gasteiger partial charge in [-0.3, -0.25) is 0 Å². The normalized spacial score (nSPS) is 14.9. The quantitative estimate of drug-likeness (QED) is 0.592. The SMILES string of the molecule is CCNC(C)/C=C/C(C)C. The highest BCUT2D eigenvalue weighted by Gasteiger charge is 1.91. The summed E-state index contributed by atoms with van der Waals surface area (Å²) in [6.07, 6.45) is 4.45. The lowest BCUT2D eigenvalue weighted by Crippen LogP contribution is -2.23. The van der Waals surface area contributed by atoms with E-state index in [0.717, 1.165) is 6.54 Å². The van der Waals surface area contributed by atoms with Crippen molar-refractivity contribution in [1.29, 1.82) is 0 Å². The van der Waals surface area contributed by atoms with Crippen LogP contribution in [0.3, 0.4) is 0 Å². The summed E-state index contributed by atoms with van der Waals surface area (Å²) in [5.74, 6) is 0.668. The van der Waals surface area contributed by atoms with E-state index in [4.69, 9.17) is 0 Å². The molecule has 0 amide bonds. The van der Waals surface area contributed by atoms with Gasteiger partial charge in [0.2, 0.25) is 0 Å². The maximum Gasteiger partial charge on any atom is 0.0221 e. The van der Waals surface area contributed by atoms with Gasteiger partial charge in [-0.15, -0.1) is 0 Å². The summed E-state index contributed by atoms with van der Waals surface area (Å²) in [7, 11) is 0. The summed E-state index contributed by atoms with van der Waals surface area (Å²) in [5, 5.41) is 3.31. The van der Waals surface area contributed by atoms with Gasteiger partial charge in [-0.25, -0.2) is 0 Å². The average molecular weight is 141 g/mol. The van der Waals surface area contributed by atoms with Gasteiger partial charge in [0, 0.05) is 6.04 Å². The molecule has 0 heterocycles. The number of nitrogens with one attached hydrogen (secondary N) is 1. The third-order valence-electron chi connectivity index (χ3n) is 1.31. The molecule has 0 aliphatic carbocycles. The Morgan fingerprint density at radius 3 is 2.20 bits per heavy atom. The Bertz CT molecular complexity index is 94.9. The van der Waals surface area contributed by atoms with Gasteiger partial charge in [-0.05, 0) is 19.4 Å². The minimum atomic E-state index is 0.521. The van der Waals surface area contributed by atoms with Gasteiger partial charge in [0.25, 0.3) is 0 Å². The Morgan fingerprint density at radius 2 is 1.80 bits per heavy atom. The highest BCUT2D eigenvalue weighted by Crippen LogP contribution is 1.94. The van der Waals surface area contributed by atoms with Crippen LogP contribution in [0.1, 0.15) is 27.7 Å². The first kappa shape index (κ1) is 9.70. The third-order valence-corrected chi connectivity index (χ3v) is 1.31. The van der Waals surface area contributed by atoms with Crippen molar-refractivity contribution in [1.82, 2.24) is 5.32 Å². The summed E-state index contributed by atoms with van der Waals surface area (Å²) in [6, 6.07) is 0.521. The summed E-state index contributed by atoms with van der Waals surface area (Å²) >= 11 is 0. The highest BCUT2D eigenvalue weighted by atomic mass is 14.9. The highest BCUT2D eigenvalue weighted by molar-refractivity contribution is 4.92. The Hall–Kier alpha value is -0.300. The second-order valence-electron chi connectivity index (χ2n) is 2.98. The van der Waals surface area contributed by atoms with Crippen molar-refractivity contribution in [3.63, 3.8) is 0 Å². The molecular weight excluding hydrogens is 122 g/mol. The van der Waals surface area contributed by atoms with Crippen molar-refractivity contribution in [2.24, 2.45) is 5.92 Å². The molecule has 0 aromatic rings. The zero-order chi connectivity index (χ0) is 7.98. The predicted molar refractivity (Wildman–Crippen MR) is 47.1 cm³/mol. The van der Waals surface area contributed by atoms with E-state index in [1.54, 1.807) is 0 Å². The molecule has 0 saturated heterocycles. The topological polar surface area (TPSA) is 12.0 Å². The zero-order valence-electron chi connectivity index (χ0n) is 7.52. The molecule has 1 unspecified atom stereocenters. The van der Waals surface area contributed by atoms with Gasteiger partial charge in [-0.2, -0.15) is 0 Å². The second kappa shape index (κ2) is 5.48. The molecule has 60 valence electrons. The van der Waals surface area contributed by atoms with Crippen LogP contribution in [0.4, 0.5) is 0 Å². The Balaban J connectivity index is 3.45. The first-order valence-corrected chi connectivity index (χ1v) is 4.08. The molecule has 0 saturated carbocycles. The standard InChI is InChI=1S/C9H19N/c1-5-10-9(4)7-6-8(2)3/h6-10H,5H2,1-4H3/b7-6+. The molecule has 0 fully saturated rings. The second-order valence-corrected chi connectivity index (χ2v) is 2.98. The van der Waals surface area contributed by atoms with Gasteiger partial charge < -0.3 is 5.32 Å². The van der Waals surface area contributed by atoms with Crippen LogP contribution in [0.15, 0.2) is 12.2 Å². The van der Waals surface area contributed by atoms with Crippen LogP contribution >= 0.6 is 0 Å². The smallest absolute Gasteiger partial charge is 0.0221 e. The van der Waals surface area contributed by atoms with Crippen molar-refractivity contribution in [3.8, 4) is 0 Å². The summed E-state index contributed by atoms with van der Waals surface area (Å²) in [4.78, 5) is 0. The zero-order valence-corrected chi connectivity index (χ0v) is 7.52. The first-order valence-electron chi connectivity index (χ1n) is 4.08. The molecule has 1 heteroatoms. The third kappa shape index (κ3) is 5.83. The maximum atomic E-state index is 3.31. The minimum Gasteiger partial charge on any atom is -0.311 e. The number of rotatable bonds is 4. The van der Waals surface area contributed by atoms with Crippen molar-refractivity contribution in [2.75, 3.05) is 6.54 Å². The fourth-order valence-corrected chi connectivity index (χ4v) is 0.779. The molecule has 1 nitrogen and oxygen atoms in total. The number of hydrogen-bond acceptors (Lipinski definition) is 1. The Labute approximate surface area is 64.5 Å². The fourth-order valence-electron chi connectivity index (χ4n) is 0.779. The largest absolute Gasteiger partial charge is 0.311 e. The average Bonchev–Trinajstić information content (AvgIpc) is 1.85. The van der Waals surface area contributed by atoms with E-state index < -0.39 is 0 Å². The first-order chi connectivity index (χ1) is 4.66. The number of hydrogen-bond donors (Lipinski definition) is 1. The van der Waals surface area contributed by atoms with Crippen molar-refractivity contribution < 1.29 is 0 Å². The molecule has 0 aliphatic rings. The van der Waals surface area contributed by atoms with Crippen LogP contribution in [0.25, 0.3) is 0 Å². The van der Waals surface area contributed by atoms with Gasteiger partial charge in [0.1, 0.15) is 0 Å². The van der Waals surface area contributed by atoms with Crippen LogP contribution in [0.2, 0.25) is 0 Å². The fraction of sp³-hybridized carbons (Fsp3) is 0.778. The molecule has 10 heavy (non-hydrogen) atoms. The molecule has 0 rings (SSSR count). The van der Waals surface area contributed by atoms with Crippen LogP contribution in [0.5, 0.6) is 0 Å². The van der Waals surface area contributed by atoms with Crippen molar-refractivity contribution >= 4 is 0 Å². The van der Waals surface area contributed by atoms with E-state index in [1.807, 2.05) is 0 Å².